The van der Waals surface area contributed by atoms with Gasteiger partial charge in [0.25, 0.3) is 5.56 Å². The average Bonchev–Trinajstić information content (AvgIpc) is 2.41. The van der Waals surface area contributed by atoms with Crippen molar-refractivity contribution in [1.82, 2.24) is 9.78 Å². The molecule has 21 heavy (non-hydrogen) atoms. The minimum Gasteiger partial charge on any atom is -0.477 e. The largest absolute Gasteiger partial charge is 0.477 e. The molecular weight excluding hydrogens is 275 g/mol. The summed E-state index contributed by atoms with van der Waals surface area (Å²) in [7, 11) is 0. The Kier molecular flexibility index (Phi) is 4.16. The lowest BCUT2D eigenvalue weighted by Crippen LogP contribution is -2.30. The summed E-state index contributed by atoms with van der Waals surface area (Å²) >= 11 is 0. The molecule has 0 amide bonds. The van der Waals surface area contributed by atoms with Gasteiger partial charge in [0.05, 0.1) is 5.69 Å². The van der Waals surface area contributed by atoms with Crippen LogP contribution >= 0.6 is 0 Å². The van der Waals surface area contributed by atoms with Gasteiger partial charge in [-0.25, -0.2) is 13.9 Å². The first kappa shape index (κ1) is 14.9. The smallest absolute Gasteiger partial charge is 0.341 e. The molecule has 1 N–H and O–H groups in total. The Hall–Kier alpha value is -2.50. The van der Waals surface area contributed by atoms with E-state index in [4.69, 9.17) is 5.11 Å². The van der Waals surface area contributed by atoms with E-state index in [1.807, 2.05) is 13.8 Å². The zero-order valence-electron chi connectivity index (χ0n) is 11.7. The fourth-order valence-corrected chi connectivity index (χ4v) is 1.93. The van der Waals surface area contributed by atoms with Crippen LogP contribution in [0.1, 0.15) is 24.2 Å². The van der Waals surface area contributed by atoms with E-state index in [9.17, 15) is 14.0 Å². The van der Waals surface area contributed by atoms with Gasteiger partial charge in [0.2, 0.25) is 0 Å². The van der Waals surface area contributed by atoms with Crippen molar-refractivity contribution in [3.63, 3.8) is 0 Å². The van der Waals surface area contributed by atoms with Crippen LogP contribution in [0.5, 0.6) is 0 Å². The van der Waals surface area contributed by atoms with Crippen LogP contribution in [0.25, 0.3) is 11.3 Å². The van der Waals surface area contributed by atoms with Gasteiger partial charge in [-0.1, -0.05) is 13.8 Å². The van der Waals surface area contributed by atoms with E-state index >= 15 is 0 Å². The number of hydrogen-bond acceptors (Lipinski definition) is 3. The summed E-state index contributed by atoms with van der Waals surface area (Å²) in [5.74, 6) is -1.56. The van der Waals surface area contributed by atoms with E-state index in [0.29, 0.717) is 17.8 Å². The molecule has 0 aliphatic rings. The van der Waals surface area contributed by atoms with Crippen LogP contribution in [0.4, 0.5) is 4.39 Å². The zero-order valence-corrected chi connectivity index (χ0v) is 11.7. The van der Waals surface area contributed by atoms with E-state index in [1.165, 1.54) is 30.3 Å². The van der Waals surface area contributed by atoms with Crippen molar-refractivity contribution < 1.29 is 14.3 Å². The second-order valence-corrected chi connectivity index (χ2v) is 5.14. The molecule has 6 heteroatoms. The topological polar surface area (TPSA) is 72.2 Å². The maximum absolute atomic E-state index is 13.0. The highest BCUT2D eigenvalue weighted by atomic mass is 19.1. The van der Waals surface area contributed by atoms with Crippen LogP contribution in [-0.2, 0) is 6.54 Å². The molecule has 5 nitrogen and oxygen atoms in total. The fraction of sp³-hybridized carbons (Fsp3) is 0.267. The number of hydrogen-bond donors (Lipinski definition) is 1. The van der Waals surface area contributed by atoms with Crippen LogP contribution < -0.4 is 5.56 Å². The lowest BCUT2D eigenvalue weighted by atomic mass is 10.1. The van der Waals surface area contributed by atoms with Gasteiger partial charge in [-0.3, -0.25) is 4.79 Å². The van der Waals surface area contributed by atoms with Gasteiger partial charge < -0.3 is 5.11 Å². The van der Waals surface area contributed by atoms with Crippen molar-refractivity contribution in [1.29, 1.82) is 0 Å². The fourth-order valence-electron chi connectivity index (χ4n) is 1.93. The Morgan fingerprint density at radius 1 is 1.33 bits per heavy atom. The number of aromatic carboxylic acids is 1. The van der Waals surface area contributed by atoms with Crippen molar-refractivity contribution in [2.24, 2.45) is 5.92 Å². The molecule has 110 valence electrons. The van der Waals surface area contributed by atoms with Crippen LogP contribution in [0.3, 0.4) is 0 Å². The molecule has 0 fully saturated rings. The van der Waals surface area contributed by atoms with Crippen molar-refractivity contribution >= 4 is 5.97 Å². The molecule has 0 saturated heterocycles. The molecule has 0 bridgehead atoms. The molecule has 0 radical (unpaired) electrons. The second kappa shape index (κ2) is 5.87. The van der Waals surface area contributed by atoms with Crippen LogP contribution in [0.15, 0.2) is 35.1 Å². The van der Waals surface area contributed by atoms with Crippen LogP contribution in [0, 0.1) is 11.7 Å². The van der Waals surface area contributed by atoms with E-state index < -0.39 is 17.3 Å². The minimum atomic E-state index is -1.30. The zero-order chi connectivity index (χ0) is 15.6. The summed E-state index contributed by atoms with van der Waals surface area (Å²) in [6.07, 6.45) is 0. The second-order valence-electron chi connectivity index (χ2n) is 5.14. The van der Waals surface area contributed by atoms with Crippen molar-refractivity contribution in [3.8, 4) is 11.3 Å². The summed E-state index contributed by atoms with van der Waals surface area (Å²) in [6.45, 7) is 4.12. The Morgan fingerprint density at radius 2 is 1.95 bits per heavy atom. The summed E-state index contributed by atoms with van der Waals surface area (Å²) in [4.78, 5) is 23.2. The van der Waals surface area contributed by atoms with E-state index in [1.54, 1.807) is 0 Å². The predicted octanol–water partition coefficient (Wildman–Crippen LogP) is 2.40. The number of halogens is 1. The van der Waals surface area contributed by atoms with Crippen molar-refractivity contribution in [3.05, 3.63) is 52.1 Å². The van der Waals surface area contributed by atoms with Gasteiger partial charge >= 0.3 is 5.97 Å². The van der Waals surface area contributed by atoms with Gasteiger partial charge in [-0.05, 0) is 36.2 Å². The van der Waals surface area contributed by atoms with Gasteiger partial charge in [0.1, 0.15) is 11.4 Å². The van der Waals surface area contributed by atoms with Crippen LogP contribution in [0.2, 0.25) is 0 Å². The van der Waals surface area contributed by atoms with Crippen molar-refractivity contribution in [2.75, 3.05) is 0 Å². The third-order valence-electron chi connectivity index (χ3n) is 2.88. The number of rotatable bonds is 4. The van der Waals surface area contributed by atoms with Crippen molar-refractivity contribution in [2.45, 2.75) is 20.4 Å². The van der Waals surface area contributed by atoms with E-state index in [2.05, 4.69) is 5.10 Å². The quantitative estimate of drug-likeness (QED) is 0.938. The normalized spacial score (nSPS) is 10.9. The first-order valence-electron chi connectivity index (χ1n) is 6.50. The third kappa shape index (κ3) is 3.34. The SMILES string of the molecule is CC(C)Cn1nc(-c2ccc(F)cc2)cc(C(=O)O)c1=O. The standard InChI is InChI=1S/C15H15FN2O3/c1-9(2)8-18-14(19)12(15(20)21)7-13(17-18)10-3-5-11(16)6-4-10/h3-7,9H,8H2,1-2H3,(H,20,21). The molecular formula is C15H15FN2O3. The highest BCUT2D eigenvalue weighted by Crippen LogP contribution is 2.17. The highest BCUT2D eigenvalue weighted by Gasteiger charge is 2.16. The third-order valence-corrected chi connectivity index (χ3v) is 2.88. The summed E-state index contributed by atoms with van der Waals surface area (Å²) in [6, 6.07) is 6.72. The Balaban J connectivity index is 2.61. The molecule has 0 atom stereocenters. The van der Waals surface area contributed by atoms with E-state index in [-0.39, 0.29) is 11.5 Å². The van der Waals surface area contributed by atoms with Gasteiger partial charge in [-0.2, -0.15) is 5.10 Å². The minimum absolute atomic E-state index is 0.139. The first-order valence-corrected chi connectivity index (χ1v) is 6.50. The lowest BCUT2D eigenvalue weighted by molar-refractivity contribution is 0.0693. The number of carbonyl (C=O) groups is 1. The molecule has 0 aliphatic heterocycles. The predicted molar refractivity (Wildman–Crippen MR) is 75.7 cm³/mol. The molecule has 0 spiro atoms. The van der Waals surface area contributed by atoms with Gasteiger partial charge in [-0.15, -0.1) is 0 Å². The number of nitrogens with zero attached hydrogens (tertiary/aromatic N) is 2. The number of benzene rings is 1. The molecule has 0 unspecified atom stereocenters. The highest BCUT2D eigenvalue weighted by molar-refractivity contribution is 5.88. The summed E-state index contributed by atoms with van der Waals surface area (Å²) < 4.78 is 14.1. The monoisotopic (exact) mass is 290 g/mol. The maximum atomic E-state index is 13.0. The average molecular weight is 290 g/mol. The van der Waals surface area contributed by atoms with Crippen LogP contribution in [-0.4, -0.2) is 20.9 Å². The first-order chi connectivity index (χ1) is 9.88. The maximum Gasteiger partial charge on any atom is 0.341 e. The molecule has 2 rings (SSSR count). The van der Waals surface area contributed by atoms with Gasteiger partial charge in [0, 0.05) is 12.1 Å². The number of carboxylic acid groups (broad SMARTS) is 1. The number of aromatic nitrogens is 2. The molecule has 1 aromatic carbocycles. The molecule has 2 aromatic rings. The Bertz CT molecular complexity index is 721. The Morgan fingerprint density at radius 3 is 2.48 bits per heavy atom. The number of carboxylic acids is 1. The van der Waals surface area contributed by atoms with Gasteiger partial charge in [0.15, 0.2) is 0 Å². The van der Waals surface area contributed by atoms with E-state index in [0.717, 1.165) is 4.68 Å². The Labute approximate surface area is 120 Å². The summed E-state index contributed by atoms with van der Waals surface area (Å²) in [5, 5.41) is 13.3. The molecule has 0 aliphatic carbocycles. The molecule has 0 saturated carbocycles. The molecule has 1 aromatic heterocycles. The molecule has 1 heterocycles. The summed E-state index contributed by atoms with van der Waals surface area (Å²) in [5.41, 5.74) is -0.101. The lowest BCUT2D eigenvalue weighted by Gasteiger charge is -2.11.